The lowest BCUT2D eigenvalue weighted by Crippen LogP contribution is -2.49. The second-order valence-corrected chi connectivity index (χ2v) is 7.23. The third kappa shape index (κ3) is 2.79. The molecule has 0 saturated carbocycles. The number of rotatable bonds is 1. The number of nitrogens with zero attached hydrogens (tertiary/aromatic N) is 3. The smallest absolute Gasteiger partial charge is 0.267 e. The molecule has 2 aliphatic rings. The summed E-state index contributed by atoms with van der Waals surface area (Å²) in [6, 6.07) is 10.7. The van der Waals surface area contributed by atoms with E-state index in [0.29, 0.717) is 40.7 Å². The molecule has 142 valence electrons. The Morgan fingerprint density at radius 2 is 2.00 bits per heavy atom. The van der Waals surface area contributed by atoms with Crippen molar-refractivity contribution < 1.29 is 14.3 Å². The number of carbonyl (C=O) groups excluding carboxylic acids is 1. The third-order valence-corrected chi connectivity index (χ3v) is 5.25. The van der Waals surface area contributed by atoms with Gasteiger partial charge in [-0.3, -0.25) is 14.0 Å². The fourth-order valence-corrected chi connectivity index (χ4v) is 3.77. The van der Waals surface area contributed by atoms with Crippen LogP contribution in [-0.4, -0.2) is 39.4 Å². The number of ether oxygens (including phenoxy) is 2. The highest BCUT2D eigenvalue weighted by Gasteiger charge is 2.33. The molecule has 1 amide bonds. The number of amides is 1. The number of pyridine rings is 1. The van der Waals surface area contributed by atoms with Crippen LogP contribution in [-0.2, 0) is 17.8 Å². The number of hydrogen-bond donors (Lipinski definition) is 0. The van der Waals surface area contributed by atoms with Crippen LogP contribution >= 0.6 is 11.6 Å². The van der Waals surface area contributed by atoms with Gasteiger partial charge in [0, 0.05) is 19.2 Å². The van der Waals surface area contributed by atoms with Gasteiger partial charge in [0.1, 0.15) is 12.3 Å². The van der Waals surface area contributed by atoms with Crippen LogP contribution in [0.5, 0.6) is 11.5 Å². The highest BCUT2D eigenvalue weighted by atomic mass is 35.5. The van der Waals surface area contributed by atoms with Crippen LogP contribution in [0.25, 0.3) is 5.65 Å². The lowest BCUT2D eigenvalue weighted by atomic mass is 10.1. The van der Waals surface area contributed by atoms with Crippen molar-refractivity contribution in [2.45, 2.75) is 19.1 Å². The first-order chi connectivity index (χ1) is 13.6. The Bertz CT molecular complexity index is 1160. The van der Waals surface area contributed by atoms with E-state index >= 15 is 0 Å². The zero-order valence-electron chi connectivity index (χ0n) is 14.8. The van der Waals surface area contributed by atoms with E-state index in [1.54, 1.807) is 35.4 Å². The molecule has 28 heavy (non-hydrogen) atoms. The van der Waals surface area contributed by atoms with Crippen LogP contribution in [0.15, 0.2) is 47.4 Å². The topological polar surface area (TPSA) is 73.1 Å². The molecule has 2 aromatic heterocycles. The molecule has 0 N–H and O–H groups in total. The molecule has 0 bridgehead atoms. The predicted octanol–water partition coefficient (Wildman–Crippen LogP) is 2.07. The second-order valence-electron chi connectivity index (χ2n) is 6.79. The number of benzene rings is 1. The molecule has 2 aliphatic heterocycles. The zero-order valence-corrected chi connectivity index (χ0v) is 15.6. The molecule has 8 heteroatoms. The normalized spacial score (nSPS) is 18.0. The van der Waals surface area contributed by atoms with Crippen molar-refractivity contribution in [2.75, 3.05) is 13.2 Å². The van der Waals surface area contributed by atoms with Gasteiger partial charge in [0.05, 0.1) is 22.8 Å². The molecular weight excluding hydrogens is 382 g/mol. The average molecular weight is 398 g/mol. The van der Waals surface area contributed by atoms with Crippen molar-refractivity contribution in [1.29, 1.82) is 0 Å². The molecular formula is C20H16ClN3O4. The molecule has 1 atom stereocenters. The summed E-state index contributed by atoms with van der Waals surface area (Å²) in [5.41, 5.74) is 1.58. The molecule has 0 fully saturated rings. The highest BCUT2D eigenvalue weighted by Crippen LogP contribution is 2.31. The Balaban J connectivity index is 1.43. The van der Waals surface area contributed by atoms with Gasteiger partial charge in [0.25, 0.3) is 11.5 Å². The first-order valence-corrected chi connectivity index (χ1v) is 9.35. The summed E-state index contributed by atoms with van der Waals surface area (Å²) in [6.45, 7) is 0.810. The number of carbonyl (C=O) groups is 1. The largest absolute Gasteiger partial charge is 0.485 e. The summed E-state index contributed by atoms with van der Waals surface area (Å²) in [5.74, 6) is 0.976. The van der Waals surface area contributed by atoms with E-state index in [4.69, 9.17) is 21.1 Å². The average Bonchev–Trinajstić information content (AvgIpc) is 2.73. The minimum atomic E-state index is -0.734. The SMILES string of the molecule is O=C(C1COc2ccccc2O1)N1CCc2nc3ccc(Cl)cn3c(=O)c2C1. The van der Waals surface area contributed by atoms with Crippen LogP contribution in [0.2, 0.25) is 5.02 Å². The zero-order chi connectivity index (χ0) is 19.3. The number of hydrogen-bond acceptors (Lipinski definition) is 5. The molecule has 1 aromatic carbocycles. The summed E-state index contributed by atoms with van der Waals surface area (Å²) < 4.78 is 12.9. The van der Waals surface area contributed by atoms with Gasteiger partial charge < -0.3 is 14.4 Å². The summed E-state index contributed by atoms with van der Waals surface area (Å²) >= 11 is 6.01. The van der Waals surface area contributed by atoms with Crippen molar-refractivity contribution >= 4 is 23.2 Å². The predicted molar refractivity (Wildman–Crippen MR) is 102 cm³/mol. The van der Waals surface area contributed by atoms with Gasteiger partial charge in [0.2, 0.25) is 6.10 Å². The van der Waals surface area contributed by atoms with Crippen molar-refractivity contribution in [3.63, 3.8) is 0 Å². The minimum absolute atomic E-state index is 0.143. The van der Waals surface area contributed by atoms with E-state index in [-0.39, 0.29) is 24.6 Å². The van der Waals surface area contributed by atoms with Gasteiger partial charge in [-0.05, 0) is 24.3 Å². The van der Waals surface area contributed by atoms with E-state index < -0.39 is 6.10 Å². The summed E-state index contributed by atoms with van der Waals surface area (Å²) in [4.78, 5) is 32.1. The lowest BCUT2D eigenvalue weighted by molar-refractivity contribution is -0.142. The number of para-hydroxylation sites is 2. The van der Waals surface area contributed by atoms with Crippen LogP contribution in [0.3, 0.4) is 0 Å². The first-order valence-electron chi connectivity index (χ1n) is 8.97. The van der Waals surface area contributed by atoms with Crippen molar-refractivity contribution in [1.82, 2.24) is 14.3 Å². The number of fused-ring (bicyclic) bond motifs is 3. The van der Waals surface area contributed by atoms with Crippen LogP contribution in [0, 0.1) is 0 Å². The molecule has 4 heterocycles. The van der Waals surface area contributed by atoms with E-state index in [2.05, 4.69) is 4.98 Å². The van der Waals surface area contributed by atoms with Gasteiger partial charge in [-0.1, -0.05) is 23.7 Å². The maximum absolute atomic E-state index is 13.0. The van der Waals surface area contributed by atoms with Crippen molar-refractivity contribution in [3.05, 3.63) is 69.2 Å². The Hall–Kier alpha value is -3.06. The molecule has 0 radical (unpaired) electrons. The van der Waals surface area contributed by atoms with Gasteiger partial charge in [0.15, 0.2) is 11.5 Å². The van der Waals surface area contributed by atoms with Crippen molar-refractivity contribution in [2.24, 2.45) is 0 Å². The fraction of sp³-hybridized carbons (Fsp3) is 0.250. The van der Waals surface area contributed by atoms with E-state index in [1.807, 2.05) is 12.1 Å². The third-order valence-electron chi connectivity index (χ3n) is 5.03. The second kappa shape index (κ2) is 6.53. The first kappa shape index (κ1) is 17.1. The molecule has 5 rings (SSSR count). The molecule has 3 aromatic rings. The van der Waals surface area contributed by atoms with Crippen LogP contribution < -0.4 is 15.0 Å². The quantitative estimate of drug-likeness (QED) is 0.628. The highest BCUT2D eigenvalue weighted by molar-refractivity contribution is 6.30. The van der Waals surface area contributed by atoms with Crippen LogP contribution in [0.1, 0.15) is 11.3 Å². The van der Waals surface area contributed by atoms with Gasteiger partial charge in [-0.15, -0.1) is 0 Å². The van der Waals surface area contributed by atoms with Crippen LogP contribution in [0.4, 0.5) is 0 Å². The summed E-state index contributed by atoms with van der Waals surface area (Å²) in [5, 5.41) is 0.450. The Kier molecular flexibility index (Phi) is 3.98. The summed E-state index contributed by atoms with van der Waals surface area (Å²) in [6.07, 6.45) is 1.32. The molecule has 1 unspecified atom stereocenters. The molecule has 7 nitrogen and oxygen atoms in total. The lowest BCUT2D eigenvalue weighted by Gasteiger charge is -2.33. The Morgan fingerprint density at radius 1 is 1.18 bits per heavy atom. The van der Waals surface area contributed by atoms with Gasteiger partial charge in [-0.2, -0.15) is 0 Å². The van der Waals surface area contributed by atoms with E-state index in [9.17, 15) is 9.59 Å². The molecule has 0 aliphatic carbocycles. The summed E-state index contributed by atoms with van der Waals surface area (Å²) in [7, 11) is 0. The fourth-order valence-electron chi connectivity index (χ4n) is 3.60. The van der Waals surface area contributed by atoms with Crippen molar-refractivity contribution in [3.8, 4) is 11.5 Å². The standard InChI is InChI=1S/C20H16ClN3O4/c21-12-5-6-18-22-14-7-8-23(10-13(14)19(25)24(18)9-12)20(26)17-11-27-15-3-1-2-4-16(15)28-17/h1-6,9,17H,7-8,10-11H2. The van der Waals surface area contributed by atoms with E-state index in [1.165, 1.54) is 4.40 Å². The Labute approximate surface area is 165 Å². The molecule has 0 saturated heterocycles. The minimum Gasteiger partial charge on any atom is -0.485 e. The van der Waals surface area contributed by atoms with E-state index in [0.717, 1.165) is 5.69 Å². The number of aromatic nitrogens is 2. The Morgan fingerprint density at radius 3 is 2.86 bits per heavy atom. The maximum atomic E-state index is 13.0. The maximum Gasteiger partial charge on any atom is 0.267 e. The number of halogens is 1. The van der Waals surface area contributed by atoms with Gasteiger partial charge >= 0.3 is 0 Å². The molecule has 0 spiro atoms. The van der Waals surface area contributed by atoms with Gasteiger partial charge in [-0.25, -0.2) is 4.98 Å². The monoisotopic (exact) mass is 397 g/mol.